The topological polar surface area (TPSA) is 33.2 Å². The summed E-state index contributed by atoms with van der Waals surface area (Å²) in [6, 6.07) is 15.1. The van der Waals surface area contributed by atoms with Crippen LogP contribution in [0.4, 0.5) is 0 Å². The average molecular weight is 391 g/mol. The van der Waals surface area contributed by atoms with Crippen molar-refractivity contribution in [3.05, 3.63) is 75.2 Å². The molecule has 2 aromatic carbocycles. The molecule has 0 fully saturated rings. The summed E-state index contributed by atoms with van der Waals surface area (Å²) >= 11 is 13.7. The minimum atomic E-state index is 0.00265. The molecule has 3 aromatic rings. The first-order valence-electron chi connectivity index (χ1n) is 7.70. The Morgan fingerprint density at radius 2 is 1.96 bits per heavy atom. The maximum Gasteiger partial charge on any atom is 0.228 e. The van der Waals surface area contributed by atoms with E-state index in [1.165, 1.54) is 11.3 Å². The second kappa shape index (κ2) is 8.00. The lowest BCUT2D eigenvalue weighted by Crippen LogP contribution is -2.27. The van der Waals surface area contributed by atoms with Crippen LogP contribution < -0.4 is 0 Å². The highest BCUT2D eigenvalue weighted by molar-refractivity contribution is 7.13. The van der Waals surface area contributed by atoms with Crippen LogP contribution in [-0.4, -0.2) is 22.8 Å². The second-order valence-electron chi connectivity index (χ2n) is 5.67. The number of aromatic nitrogens is 1. The van der Waals surface area contributed by atoms with E-state index in [0.29, 0.717) is 16.6 Å². The fourth-order valence-electron chi connectivity index (χ4n) is 2.40. The van der Waals surface area contributed by atoms with Crippen LogP contribution >= 0.6 is 34.5 Å². The molecule has 3 rings (SSSR count). The minimum absolute atomic E-state index is 0.00265. The number of rotatable bonds is 5. The smallest absolute Gasteiger partial charge is 0.228 e. The Kier molecular flexibility index (Phi) is 5.74. The Morgan fingerprint density at radius 1 is 1.16 bits per heavy atom. The quantitative estimate of drug-likeness (QED) is 0.590. The molecule has 0 bridgehead atoms. The van der Waals surface area contributed by atoms with Crippen molar-refractivity contribution in [3.8, 4) is 10.6 Å². The molecule has 3 nitrogen and oxygen atoms in total. The van der Waals surface area contributed by atoms with Gasteiger partial charge in [0.2, 0.25) is 5.91 Å². The predicted molar refractivity (Wildman–Crippen MR) is 104 cm³/mol. The summed E-state index contributed by atoms with van der Waals surface area (Å²) in [7, 11) is 1.77. The van der Waals surface area contributed by atoms with Gasteiger partial charge in [0.05, 0.1) is 12.1 Å². The van der Waals surface area contributed by atoms with Gasteiger partial charge in [-0.3, -0.25) is 4.79 Å². The Bertz CT molecular complexity index is 894. The first kappa shape index (κ1) is 17.9. The molecule has 0 radical (unpaired) electrons. The third kappa shape index (κ3) is 4.60. The predicted octanol–water partition coefficient (Wildman–Crippen LogP) is 5.32. The number of amides is 1. The van der Waals surface area contributed by atoms with Crippen LogP contribution in [0.15, 0.2) is 53.9 Å². The summed E-state index contributed by atoms with van der Waals surface area (Å²) in [5.74, 6) is 0.00265. The number of hydrogen-bond acceptors (Lipinski definition) is 3. The molecule has 0 saturated heterocycles. The van der Waals surface area contributed by atoms with E-state index in [1.54, 1.807) is 11.9 Å². The van der Waals surface area contributed by atoms with Crippen LogP contribution in [0, 0.1) is 0 Å². The summed E-state index contributed by atoms with van der Waals surface area (Å²) in [5.41, 5.74) is 2.65. The van der Waals surface area contributed by atoms with Crippen molar-refractivity contribution < 1.29 is 4.79 Å². The molecule has 0 aliphatic carbocycles. The van der Waals surface area contributed by atoms with Gasteiger partial charge in [0.15, 0.2) is 0 Å². The van der Waals surface area contributed by atoms with E-state index in [2.05, 4.69) is 4.98 Å². The normalized spacial score (nSPS) is 10.7. The van der Waals surface area contributed by atoms with E-state index in [1.807, 2.05) is 53.9 Å². The second-order valence-corrected chi connectivity index (χ2v) is 7.37. The fraction of sp³-hybridized carbons (Fsp3) is 0.158. The van der Waals surface area contributed by atoms with Crippen molar-refractivity contribution in [2.45, 2.75) is 13.0 Å². The highest BCUT2D eigenvalue weighted by atomic mass is 35.5. The number of carbonyl (C=O) groups is 1. The maximum atomic E-state index is 12.5. The van der Waals surface area contributed by atoms with Crippen molar-refractivity contribution in [2.24, 2.45) is 0 Å². The van der Waals surface area contributed by atoms with E-state index in [4.69, 9.17) is 23.2 Å². The van der Waals surface area contributed by atoms with Gasteiger partial charge in [0.1, 0.15) is 5.01 Å². The van der Waals surface area contributed by atoms with E-state index >= 15 is 0 Å². The molecule has 128 valence electrons. The summed E-state index contributed by atoms with van der Waals surface area (Å²) in [6.07, 6.45) is 0.262. The number of carbonyl (C=O) groups excluding carboxylic acids is 1. The van der Waals surface area contributed by atoms with Gasteiger partial charge in [-0.05, 0) is 23.8 Å². The molecule has 6 heteroatoms. The molecular weight excluding hydrogens is 375 g/mol. The van der Waals surface area contributed by atoms with Crippen LogP contribution in [-0.2, 0) is 17.8 Å². The fourth-order valence-corrected chi connectivity index (χ4v) is 3.60. The molecule has 0 aliphatic rings. The molecule has 1 aromatic heterocycles. The summed E-state index contributed by atoms with van der Waals surface area (Å²) < 4.78 is 0. The standard InChI is InChI=1S/C19H16Cl2N2OS/c1-23(11-14-5-2-3-8-17(14)21)18(24)10-16-12-25-19(22-16)13-6-4-7-15(20)9-13/h2-9,12H,10-11H2,1H3. The number of thiazole rings is 1. The van der Waals surface area contributed by atoms with Crippen LogP contribution in [0.3, 0.4) is 0 Å². The van der Waals surface area contributed by atoms with Crippen molar-refractivity contribution in [3.63, 3.8) is 0 Å². The Balaban J connectivity index is 1.66. The van der Waals surface area contributed by atoms with E-state index in [9.17, 15) is 4.79 Å². The van der Waals surface area contributed by atoms with Crippen LogP contribution in [0.5, 0.6) is 0 Å². The van der Waals surface area contributed by atoms with Gasteiger partial charge in [-0.15, -0.1) is 11.3 Å². The largest absolute Gasteiger partial charge is 0.341 e. The first-order chi connectivity index (χ1) is 12.0. The Hall–Kier alpha value is -1.88. The lowest BCUT2D eigenvalue weighted by atomic mass is 10.2. The van der Waals surface area contributed by atoms with Gasteiger partial charge in [-0.25, -0.2) is 4.98 Å². The third-order valence-corrected chi connectivity index (χ3v) is 5.29. The molecule has 0 N–H and O–H groups in total. The highest BCUT2D eigenvalue weighted by Crippen LogP contribution is 2.26. The SMILES string of the molecule is CN(Cc1ccccc1Cl)C(=O)Cc1csc(-c2cccc(Cl)c2)n1. The van der Waals surface area contributed by atoms with Gasteiger partial charge in [-0.1, -0.05) is 53.5 Å². The number of nitrogens with zero attached hydrogens (tertiary/aromatic N) is 2. The van der Waals surface area contributed by atoms with Crippen molar-refractivity contribution in [1.29, 1.82) is 0 Å². The van der Waals surface area contributed by atoms with Gasteiger partial charge < -0.3 is 4.90 Å². The maximum absolute atomic E-state index is 12.5. The third-order valence-electron chi connectivity index (χ3n) is 3.75. The van der Waals surface area contributed by atoms with Crippen molar-refractivity contribution >= 4 is 40.4 Å². The number of halogens is 2. The first-order valence-corrected chi connectivity index (χ1v) is 9.34. The van der Waals surface area contributed by atoms with E-state index in [0.717, 1.165) is 21.8 Å². The van der Waals surface area contributed by atoms with Crippen molar-refractivity contribution in [1.82, 2.24) is 9.88 Å². The van der Waals surface area contributed by atoms with Gasteiger partial charge in [-0.2, -0.15) is 0 Å². The lowest BCUT2D eigenvalue weighted by Gasteiger charge is -2.17. The molecule has 1 amide bonds. The Labute approximate surface area is 160 Å². The van der Waals surface area contributed by atoms with E-state index < -0.39 is 0 Å². The molecular formula is C19H16Cl2N2OS. The number of likely N-dealkylation sites (N-methyl/N-ethyl adjacent to an activating group) is 1. The molecule has 0 unspecified atom stereocenters. The minimum Gasteiger partial charge on any atom is -0.341 e. The van der Waals surface area contributed by atoms with Gasteiger partial charge in [0.25, 0.3) is 0 Å². The molecule has 25 heavy (non-hydrogen) atoms. The zero-order valence-corrected chi connectivity index (χ0v) is 15.9. The van der Waals surface area contributed by atoms with Gasteiger partial charge in [0, 0.05) is 34.6 Å². The number of hydrogen-bond donors (Lipinski definition) is 0. The molecule has 1 heterocycles. The van der Waals surface area contributed by atoms with Crippen LogP contribution in [0.1, 0.15) is 11.3 Å². The lowest BCUT2D eigenvalue weighted by molar-refractivity contribution is -0.129. The zero-order valence-electron chi connectivity index (χ0n) is 13.6. The number of benzene rings is 2. The molecule has 0 saturated carbocycles. The van der Waals surface area contributed by atoms with Crippen LogP contribution in [0.2, 0.25) is 10.0 Å². The zero-order chi connectivity index (χ0) is 17.8. The van der Waals surface area contributed by atoms with Crippen LogP contribution in [0.25, 0.3) is 10.6 Å². The summed E-state index contributed by atoms with van der Waals surface area (Å²) in [4.78, 5) is 18.7. The Morgan fingerprint density at radius 3 is 2.72 bits per heavy atom. The highest BCUT2D eigenvalue weighted by Gasteiger charge is 2.14. The molecule has 0 spiro atoms. The average Bonchev–Trinajstić information content (AvgIpc) is 3.05. The molecule has 0 atom stereocenters. The summed E-state index contributed by atoms with van der Waals surface area (Å²) in [6.45, 7) is 0.476. The van der Waals surface area contributed by atoms with Crippen molar-refractivity contribution in [2.75, 3.05) is 7.05 Å². The van der Waals surface area contributed by atoms with Gasteiger partial charge >= 0.3 is 0 Å². The monoisotopic (exact) mass is 390 g/mol. The molecule has 0 aliphatic heterocycles. The van der Waals surface area contributed by atoms with E-state index in [-0.39, 0.29) is 12.3 Å². The summed E-state index contributed by atoms with van der Waals surface area (Å²) in [5, 5.41) is 4.11.